The minimum absolute atomic E-state index is 0. The second kappa shape index (κ2) is 12.6. The molecular formula is H2MnNa2O6. The summed E-state index contributed by atoms with van der Waals surface area (Å²) in [5, 5.41) is 12.0. The zero-order valence-electron chi connectivity index (χ0n) is 4.91. The van der Waals surface area contributed by atoms with Gasteiger partial charge in [-0.2, -0.15) is 0 Å². The molecule has 0 aromatic rings. The monoisotopic (exact) mass is 199 g/mol. The second-order valence-corrected chi connectivity index (χ2v) is 1.56. The van der Waals surface area contributed by atoms with Gasteiger partial charge in [0.05, 0.1) is 0 Å². The van der Waals surface area contributed by atoms with Crippen LogP contribution in [0.3, 0.4) is 0 Å². The fourth-order valence-corrected chi connectivity index (χ4v) is 0. The summed E-state index contributed by atoms with van der Waals surface area (Å²) in [5.41, 5.74) is 0. The van der Waals surface area contributed by atoms with E-state index in [-0.39, 0.29) is 59.1 Å². The average Bonchev–Trinajstić information content (AvgIpc) is 1.36. The minimum atomic E-state index is -5.62. The molecule has 0 amide bonds. The second-order valence-electron chi connectivity index (χ2n) is 0.378. The van der Waals surface area contributed by atoms with E-state index in [9.17, 15) is 0 Å². The molecule has 9 heavy (non-hydrogen) atoms. The third-order valence-electron chi connectivity index (χ3n) is 0. The van der Waals surface area contributed by atoms with Gasteiger partial charge < -0.3 is 0 Å². The summed E-state index contributed by atoms with van der Waals surface area (Å²) in [5.74, 6) is 0. The van der Waals surface area contributed by atoms with Crippen molar-refractivity contribution in [3.05, 3.63) is 0 Å². The first-order valence-corrected chi connectivity index (χ1v) is 2.74. The van der Waals surface area contributed by atoms with Crippen molar-refractivity contribution in [3.8, 4) is 0 Å². The van der Waals surface area contributed by atoms with E-state index in [2.05, 4.69) is 0 Å². The molecule has 0 spiro atoms. The van der Waals surface area contributed by atoms with Gasteiger partial charge >= 0.3 is 88.5 Å². The van der Waals surface area contributed by atoms with Gasteiger partial charge in [0.15, 0.2) is 0 Å². The van der Waals surface area contributed by atoms with Gasteiger partial charge in [-0.15, -0.1) is 0 Å². The summed E-state index contributed by atoms with van der Waals surface area (Å²) in [6.45, 7) is 0. The van der Waals surface area contributed by atoms with E-state index < -0.39 is 13.4 Å². The van der Waals surface area contributed by atoms with Gasteiger partial charge in [0.2, 0.25) is 0 Å². The molecule has 0 aliphatic heterocycles. The zero-order chi connectivity index (χ0) is 6.50. The predicted molar refractivity (Wildman–Crippen MR) is 6.63 cm³/mol. The quantitative estimate of drug-likeness (QED) is 0.227. The van der Waals surface area contributed by atoms with E-state index in [1.165, 1.54) is 0 Å². The van der Waals surface area contributed by atoms with Crippen LogP contribution in [0.15, 0.2) is 0 Å². The van der Waals surface area contributed by atoms with Crippen LogP contribution in [0.2, 0.25) is 0 Å². The van der Waals surface area contributed by atoms with Gasteiger partial charge in [-0.05, 0) is 0 Å². The SMILES string of the molecule is OO.[Na+].[Na+].[O]=[Mn](=[O])([O-])[O-]. The molecule has 0 radical (unpaired) electrons. The van der Waals surface area contributed by atoms with Crippen molar-refractivity contribution in [1.82, 2.24) is 0 Å². The Morgan fingerprint density at radius 2 is 1.00 bits per heavy atom. The van der Waals surface area contributed by atoms with Crippen molar-refractivity contribution in [2.24, 2.45) is 0 Å². The summed E-state index contributed by atoms with van der Waals surface area (Å²) >= 11 is -5.62. The van der Waals surface area contributed by atoms with Crippen molar-refractivity contribution in [2.75, 3.05) is 0 Å². The molecule has 0 rings (SSSR count). The fraction of sp³-hybridized carbons (Fsp3) is 0. The van der Waals surface area contributed by atoms with E-state index in [1.807, 2.05) is 0 Å². The molecule has 0 heterocycles. The first-order chi connectivity index (χ1) is 3.00. The van der Waals surface area contributed by atoms with E-state index in [0.29, 0.717) is 0 Å². The van der Waals surface area contributed by atoms with Crippen molar-refractivity contribution < 1.29 is 99.0 Å². The van der Waals surface area contributed by atoms with Gasteiger partial charge in [0.1, 0.15) is 0 Å². The van der Waals surface area contributed by atoms with Crippen molar-refractivity contribution in [1.29, 1.82) is 0 Å². The molecule has 0 aromatic heterocycles. The molecule has 0 fully saturated rings. The molecule has 2 N–H and O–H groups in total. The Morgan fingerprint density at radius 3 is 1.00 bits per heavy atom. The fourth-order valence-electron chi connectivity index (χ4n) is 0. The Labute approximate surface area is 97.7 Å². The molecule has 0 saturated heterocycles. The molecule has 0 aromatic carbocycles. The summed E-state index contributed by atoms with van der Waals surface area (Å²) in [6.07, 6.45) is 0. The van der Waals surface area contributed by atoms with E-state index in [4.69, 9.17) is 26.6 Å². The van der Waals surface area contributed by atoms with Crippen molar-refractivity contribution >= 4 is 0 Å². The topological polar surface area (TPSA) is 121 Å². The van der Waals surface area contributed by atoms with Crippen molar-refractivity contribution in [2.45, 2.75) is 0 Å². The molecule has 0 aliphatic rings. The zero-order valence-corrected chi connectivity index (χ0v) is 10.1. The van der Waals surface area contributed by atoms with Gasteiger partial charge in [-0.25, -0.2) is 0 Å². The van der Waals surface area contributed by atoms with E-state index in [1.54, 1.807) is 0 Å². The molecule has 6 nitrogen and oxygen atoms in total. The molecule has 47 valence electrons. The third-order valence-corrected chi connectivity index (χ3v) is 0. The summed E-state index contributed by atoms with van der Waals surface area (Å²) < 4.78 is 34.3. The Kier molecular flexibility index (Phi) is 31.5. The summed E-state index contributed by atoms with van der Waals surface area (Å²) in [6, 6.07) is 0. The van der Waals surface area contributed by atoms with Crippen molar-refractivity contribution in [3.63, 3.8) is 0 Å². The van der Waals surface area contributed by atoms with E-state index in [0.717, 1.165) is 0 Å². The molecule has 0 aliphatic carbocycles. The van der Waals surface area contributed by atoms with Crippen LogP contribution in [0.5, 0.6) is 0 Å². The van der Waals surface area contributed by atoms with Crippen LogP contribution >= 0.6 is 0 Å². The van der Waals surface area contributed by atoms with Gasteiger partial charge in [-0.1, -0.05) is 0 Å². The van der Waals surface area contributed by atoms with Crippen LogP contribution in [0.4, 0.5) is 0 Å². The maximum atomic E-state index is 8.58. The third kappa shape index (κ3) is 164. The molecule has 0 bridgehead atoms. The Morgan fingerprint density at radius 1 is 1.00 bits per heavy atom. The summed E-state index contributed by atoms with van der Waals surface area (Å²) in [4.78, 5) is 0. The number of hydrogen-bond acceptors (Lipinski definition) is 6. The summed E-state index contributed by atoms with van der Waals surface area (Å²) in [7, 11) is 0. The van der Waals surface area contributed by atoms with Crippen LogP contribution in [0.25, 0.3) is 0 Å². The normalized spacial score (nSPS) is 7.11. The number of rotatable bonds is 0. The Bertz CT molecular complexity index is 94.2. The van der Waals surface area contributed by atoms with Gasteiger partial charge in [0.25, 0.3) is 0 Å². The molecule has 0 saturated carbocycles. The molecule has 0 unspecified atom stereocenters. The van der Waals surface area contributed by atoms with Crippen LogP contribution in [0, 0.1) is 0 Å². The van der Waals surface area contributed by atoms with Gasteiger partial charge in [0, 0.05) is 0 Å². The first-order valence-electron chi connectivity index (χ1n) is 0.817. The van der Waals surface area contributed by atoms with Crippen LogP contribution in [-0.2, 0) is 21.0 Å². The number of hydrogen-bond donors (Lipinski definition) is 2. The van der Waals surface area contributed by atoms with Crippen LogP contribution in [0.1, 0.15) is 0 Å². The molecule has 9 heteroatoms. The standard InChI is InChI=1S/Mn.2Na.H2O2.4O/c;;;1-2;;;;/h;;;1-2H;;;;/q;2*+1;;;;2*-1. The molecular weight excluding hydrogens is 197 g/mol. The van der Waals surface area contributed by atoms with E-state index >= 15 is 0 Å². The Balaban J connectivity index is -0.0000000286. The molecule has 0 atom stereocenters. The van der Waals surface area contributed by atoms with Crippen LogP contribution < -0.4 is 67.5 Å². The van der Waals surface area contributed by atoms with Gasteiger partial charge in [-0.3, -0.25) is 10.5 Å². The Hall–Kier alpha value is 1.96. The maximum absolute atomic E-state index is 8.58. The first kappa shape index (κ1) is 22.4. The predicted octanol–water partition coefficient (Wildman–Crippen LogP) is -8.59. The van der Waals surface area contributed by atoms with Crippen LogP contribution in [-0.4, -0.2) is 10.5 Å². The average molecular weight is 199 g/mol.